The van der Waals surface area contributed by atoms with Crippen LogP contribution in [-0.2, 0) is 28.4 Å². The van der Waals surface area contributed by atoms with Crippen LogP contribution in [0.1, 0.15) is 33.5 Å². The van der Waals surface area contributed by atoms with Crippen molar-refractivity contribution in [2.24, 2.45) is 7.05 Å². The number of carbonyl (C=O) groups is 2. The van der Waals surface area contributed by atoms with E-state index >= 15 is 0 Å². The molecule has 0 saturated carbocycles. The van der Waals surface area contributed by atoms with Gasteiger partial charge in [-0.1, -0.05) is 18.2 Å². The maximum atomic E-state index is 13.6. The Morgan fingerprint density at radius 2 is 1.82 bits per heavy atom. The predicted molar refractivity (Wildman–Crippen MR) is 142 cm³/mol. The Balaban J connectivity index is 1.47. The first-order chi connectivity index (χ1) is 18.6. The molecule has 1 fully saturated rings. The molecule has 2 atom stereocenters. The Bertz CT molecular complexity index is 1480. The molecule has 39 heavy (non-hydrogen) atoms. The summed E-state index contributed by atoms with van der Waals surface area (Å²) in [6.45, 7) is 3.90. The molecule has 0 unspecified atom stereocenters. The average Bonchev–Trinajstić information content (AvgIpc) is 3.26. The van der Waals surface area contributed by atoms with Gasteiger partial charge in [0, 0.05) is 44.2 Å². The van der Waals surface area contributed by atoms with E-state index in [2.05, 4.69) is 15.7 Å². The highest BCUT2D eigenvalue weighted by Crippen LogP contribution is 2.27. The lowest BCUT2D eigenvalue weighted by atomic mass is 10.0. The smallest absolute Gasteiger partial charge is 0.260 e. The molecule has 11 nitrogen and oxygen atoms in total. The number of piperidine rings is 1. The molecule has 6 rings (SSSR count). The van der Waals surface area contributed by atoms with Gasteiger partial charge in [-0.05, 0) is 49.2 Å². The van der Waals surface area contributed by atoms with Gasteiger partial charge in [-0.25, -0.2) is 8.42 Å². The van der Waals surface area contributed by atoms with Gasteiger partial charge in [-0.2, -0.15) is 9.40 Å². The van der Waals surface area contributed by atoms with Crippen molar-refractivity contribution in [3.05, 3.63) is 70.9 Å². The molecule has 1 aromatic heterocycles. The molecule has 0 spiro atoms. The van der Waals surface area contributed by atoms with Crippen molar-refractivity contribution in [3.63, 3.8) is 0 Å². The minimum Gasteiger partial charge on any atom is -0.488 e. The summed E-state index contributed by atoms with van der Waals surface area (Å²) < 4.78 is 41.9. The number of sulfonamides is 1. The zero-order valence-corrected chi connectivity index (χ0v) is 22.8. The summed E-state index contributed by atoms with van der Waals surface area (Å²) in [6, 6.07) is 11.6. The summed E-state index contributed by atoms with van der Waals surface area (Å²) in [7, 11) is -2.28. The molecule has 4 bridgehead atoms. The quantitative estimate of drug-likeness (QED) is 0.494. The molecule has 2 amide bonds. The summed E-state index contributed by atoms with van der Waals surface area (Å²) >= 11 is 0. The van der Waals surface area contributed by atoms with Crippen LogP contribution in [0.25, 0.3) is 0 Å². The van der Waals surface area contributed by atoms with E-state index in [0.717, 1.165) is 11.1 Å². The first-order valence-electron chi connectivity index (χ1n) is 12.7. The number of hydrogen-bond donors (Lipinski definition) is 2. The fourth-order valence-electron chi connectivity index (χ4n) is 4.83. The summed E-state index contributed by atoms with van der Waals surface area (Å²) in [5.41, 5.74) is 2.53. The van der Waals surface area contributed by atoms with Crippen molar-refractivity contribution >= 4 is 21.8 Å². The number of hydrogen-bond acceptors (Lipinski definition) is 7. The van der Waals surface area contributed by atoms with Gasteiger partial charge in [0.15, 0.2) is 11.6 Å². The standard InChI is InChI=1S/C27H31N5O6S/c1-17-4-7-20-12-24(17)37-16-25(33)28-14-19-5-8-21(9-6-19)38-23-10-11-32(15-22(23)30-26(20)34)39(35,36)27-18(2)13-29-31(27)3/h4-9,12-13,22-23H,10-11,14-16H2,1-3H3,(H,28,33)(H,30,34)/t22-,23-/m0/s1. The maximum absolute atomic E-state index is 13.6. The number of benzene rings is 2. The molecule has 206 valence electrons. The van der Waals surface area contributed by atoms with Crippen molar-refractivity contribution in [1.82, 2.24) is 24.7 Å². The van der Waals surface area contributed by atoms with Gasteiger partial charge in [0.2, 0.25) is 0 Å². The molecule has 4 heterocycles. The van der Waals surface area contributed by atoms with E-state index in [-0.39, 0.29) is 30.6 Å². The average molecular weight is 554 g/mol. The SMILES string of the molecule is Cc1ccc2cc1OCC(=O)NCc1ccc(cc1)O[C@H]1CCN(S(=O)(=O)c3c(C)cnn3C)C[C@@H]1NC2=O. The number of carbonyl (C=O) groups excluding carboxylic acids is 2. The van der Waals surface area contributed by atoms with Crippen LogP contribution in [-0.4, -0.2) is 66.2 Å². The molecule has 0 radical (unpaired) electrons. The topological polar surface area (TPSA) is 132 Å². The zero-order valence-electron chi connectivity index (χ0n) is 22.0. The van der Waals surface area contributed by atoms with Gasteiger partial charge in [-0.15, -0.1) is 0 Å². The number of ether oxygens (including phenoxy) is 2. The molecule has 3 aromatic rings. The Labute approximate surface area is 227 Å². The second kappa shape index (κ2) is 10.7. The fraction of sp³-hybridized carbons (Fsp3) is 0.370. The van der Waals surface area contributed by atoms with E-state index in [0.29, 0.717) is 35.6 Å². The summed E-state index contributed by atoms with van der Waals surface area (Å²) in [5, 5.41) is 10.0. The number of nitrogens with zero attached hydrogens (tertiary/aromatic N) is 3. The maximum Gasteiger partial charge on any atom is 0.260 e. The van der Waals surface area contributed by atoms with Crippen LogP contribution in [0.2, 0.25) is 0 Å². The van der Waals surface area contributed by atoms with E-state index < -0.39 is 28.1 Å². The molecule has 12 heteroatoms. The Morgan fingerprint density at radius 3 is 2.54 bits per heavy atom. The Hall–Kier alpha value is -3.90. The van der Waals surface area contributed by atoms with E-state index in [9.17, 15) is 18.0 Å². The van der Waals surface area contributed by atoms with Crippen LogP contribution in [0.4, 0.5) is 0 Å². The normalized spacial score (nSPS) is 20.7. The third kappa shape index (κ3) is 5.62. The minimum atomic E-state index is -3.87. The van der Waals surface area contributed by atoms with Crippen molar-refractivity contribution in [2.45, 2.75) is 44.0 Å². The van der Waals surface area contributed by atoms with Gasteiger partial charge in [0.25, 0.3) is 21.8 Å². The van der Waals surface area contributed by atoms with Crippen LogP contribution in [0.3, 0.4) is 0 Å². The number of aryl methyl sites for hydroxylation is 3. The molecule has 3 aliphatic heterocycles. The molecule has 3 aliphatic rings. The van der Waals surface area contributed by atoms with E-state index in [4.69, 9.17) is 9.47 Å². The summed E-state index contributed by atoms with van der Waals surface area (Å²) in [4.78, 5) is 25.7. The monoisotopic (exact) mass is 553 g/mol. The number of nitrogens with one attached hydrogen (secondary N) is 2. The Morgan fingerprint density at radius 1 is 1.05 bits per heavy atom. The highest BCUT2D eigenvalue weighted by molar-refractivity contribution is 7.89. The van der Waals surface area contributed by atoms with Crippen LogP contribution in [0.15, 0.2) is 53.7 Å². The second-order valence-corrected chi connectivity index (χ2v) is 11.7. The van der Waals surface area contributed by atoms with Gasteiger partial charge >= 0.3 is 0 Å². The number of aromatic nitrogens is 2. The highest BCUT2D eigenvalue weighted by Gasteiger charge is 2.39. The van der Waals surface area contributed by atoms with Gasteiger partial charge in [0.05, 0.1) is 12.2 Å². The molecule has 0 aliphatic carbocycles. The zero-order chi connectivity index (χ0) is 27.7. The molecule has 1 saturated heterocycles. The van der Waals surface area contributed by atoms with Gasteiger partial charge < -0.3 is 20.1 Å². The molecule has 2 N–H and O–H groups in total. The number of amides is 2. The third-order valence-electron chi connectivity index (χ3n) is 6.98. The van der Waals surface area contributed by atoms with Crippen molar-refractivity contribution in [3.8, 4) is 11.5 Å². The lowest BCUT2D eigenvalue weighted by Gasteiger charge is -2.38. The second-order valence-electron chi connectivity index (χ2n) is 9.83. The van der Waals surface area contributed by atoms with Crippen molar-refractivity contribution < 1.29 is 27.5 Å². The lowest BCUT2D eigenvalue weighted by molar-refractivity contribution is -0.123. The van der Waals surface area contributed by atoms with Crippen molar-refractivity contribution in [2.75, 3.05) is 19.7 Å². The number of rotatable bonds is 2. The minimum absolute atomic E-state index is 0.0229. The van der Waals surface area contributed by atoms with Crippen LogP contribution < -0.4 is 20.1 Å². The summed E-state index contributed by atoms with van der Waals surface area (Å²) in [5.74, 6) is 0.306. The van der Waals surface area contributed by atoms with Crippen molar-refractivity contribution in [1.29, 1.82) is 0 Å². The van der Waals surface area contributed by atoms with Gasteiger partial charge in [-0.3, -0.25) is 14.3 Å². The largest absolute Gasteiger partial charge is 0.488 e. The predicted octanol–water partition coefficient (Wildman–Crippen LogP) is 1.69. The van der Waals surface area contributed by atoms with E-state index in [1.807, 2.05) is 19.1 Å². The van der Waals surface area contributed by atoms with E-state index in [1.165, 1.54) is 15.2 Å². The fourth-order valence-corrected chi connectivity index (χ4v) is 6.62. The number of fused-ring (bicyclic) bond motifs is 7. The summed E-state index contributed by atoms with van der Waals surface area (Å²) in [6.07, 6.45) is 1.40. The van der Waals surface area contributed by atoms with Crippen LogP contribution in [0.5, 0.6) is 11.5 Å². The third-order valence-corrected chi connectivity index (χ3v) is 9.06. The highest BCUT2D eigenvalue weighted by atomic mass is 32.2. The van der Waals surface area contributed by atoms with Crippen LogP contribution in [0, 0.1) is 13.8 Å². The first kappa shape index (κ1) is 26.7. The molecular weight excluding hydrogens is 522 g/mol. The first-order valence-corrected chi connectivity index (χ1v) is 14.1. The van der Waals surface area contributed by atoms with Crippen LogP contribution >= 0.6 is 0 Å². The van der Waals surface area contributed by atoms with E-state index in [1.54, 1.807) is 44.3 Å². The lowest BCUT2D eigenvalue weighted by Crippen LogP contribution is -2.58. The molecular formula is C27H31N5O6S. The Kier molecular flexibility index (Phi) is 7.32. The molecule has 2 aromatic carbocycles. The van der Waals surface area contributed by atoms with Gasteiger partial charge in [0.1, 0.15) is 17.6 Å².